The van der Waals surface area contributed by atoms with E-state index in [1.807, 2.05) is 6.08 Å². The Labute approximate surface area is 99.1 Å². The van der Waals surface area contributed by atoms with Crippen LogP contribution in [0.15, 0.2) is 12.7 Å². The van der Waals surface area contributed by atoms with Crippen molar-refractivity contribution in [1.29, 1.82) is 0 Å². The Morgan fingerprint density at radius 1 is 1.38 bits per heavy atom. The predicted molar refractivity (Wildman–Crippen MR) is 66.1 cm³/mol. The van der Waals surface area contributed by atoms with Crippen LogP contribution in [0.5, 0.6) is 0 Å². The summed E-state index contributed by atoms with van der Waals surface area (Å²) in [6.07, 6.45) is 5.87. The van der Waals surface area contributed by atoms with Crippen molar-refractivity contribution in [3.63, 3.8) is 0 Å². The minimum Gasteiger partial charge on any atom is -0.455 e. The van der Waals surface area contributed by atoms with Crippen LogP contribution in [0.3, 0.4) is 0 Å². The first-order chi connectivity index (χ1) is 7.29. The Morgan fingerprint density at radius 3 is 2.19 bits per heavy atom. The van der Waals surface area contributed by atoms with Gasteiger partial charge in [0.05, 0.1) is 0 Å². The van der Waals surface area contributed by atoms with Gasteiger partial charge in [0.15, 0.2) is 0 Å². The van der Waals surface area contributed by atoms with Crippen molar-refractivity contribution in [2.24, 2.45) is 11.3 Å². The van der Waals surface area contributed by atoms with Gasteiger partial charge in [0.1, 0.15) is 5.60 Å². The van der Waals surface area contributed by atoms with Crippen LogP contribution >= 0.6 is 0 Å². The number of hydrogen-bond donors (Lipinski definition) is 0. The van der Waals surface area contributed by atoms with Crippen LogP contribution < -0.4 is 0 Å². The number of esters is 1. The zero-order valence-corrected chi connectivity index (χ0v) is 11.0. The van der Waals surface area contributed by atoms with Gasteiger partial charge in [-0.3, -0.25) is 4.79 Å². The van der Waals surface area contributed by atoms with Crippen molar-refractivity contribution < 1.29 is 9.53 Å². The summed E-state index contributed by atoms with van der Waals surface area (Å²) in [5.41, 5.74) is -0.0445. The van der Waals surface area contributed by atoms with Crippen molar-refractivity contribution in [3.8, 4) is 0 Å². The molecule has 1 rings (SSSR count). The molecule has 0 aromatic heterocycles. The summed E-state index contributed by atoms with van der Waals surface area (Å²) >= 11 is 0. The molecule has 0 aromatic carbocycles. The Kier molecular flexibility index (Phi) is 3.82. The van der Waals surface area contributed by atoms with E-state index in [2.05, 4.69) is 27.4 Å². The molecule has 1 aliphatic carbocycles. The standard InChI is InChI=1S/C14H24O2/c1-6-14(16-11(2)15)9-7-12(8-10-14)13(3,4)5/h6,12H,1,7-10H2,2-5H3. The van der Waals surface area contributed by atoms with Crippen LogP contribution in [-0.2, 0) is 9.53 Å². The third-order valence-electron chi connectivity index (χ3n) is 3.78. The molecule has 0 atom stereocenters. The van der Waals surface area contributed by atoms with Crippen LogP contribution in [0.25, 0.3) is 0 Å². The monoisotopic (exact) mass is 224 g/mol. The smallest absolute Gasteiger partial charge is 0.303 e. The first-order valence-corrected chi connectivity index (χ1v) is 6.12. The van der Waals surface area contributed by atoms with Crippen molar-refractivity contribution in [2.45, 2.75) is 59.0 Å². The second kappa shape index (κ2) is 4.60. The Morgan fingerprint density at radius 2 is 1.88 bits per heavy atom. The maximum absolute atomic E-state index is 11.1. The van der Waals surface area contributed by atoms with Gasteiger partial charge in [0.25, 0.3) is 0 Å². The fraction of sp³-hybridized carbons (Fsp3) is 0.786. The molecule has 16 heavy (non-hydrogen) atoms. The maximum atomic E-state index is 11.1. The lowest BCUT2D eigenvalue weighted by molar-refractivity contribution is -0.156. The number of ether oxygens (including phenoxy) is 1. The molecular weight excluding hydrogens is 200 g/mol. The molecule has 0 amide bonds. The minimum atomic E-state index is -0.395. The number of hydrogen-bond acceptors (Lipinski definition) is 2. The predicted octanol–water partition coefficient (Wildman–Crippen LogP) is 3.71. The molecule has 92 valence electrons. The highest BCUT2D eigenvalue weighted by molar-refractivity contribution is 5.66. The molecule has 0 radical (unpaired) electrons. The second-order valence-electron chi connectivity index (χ2n) is 6.00. The van der Waals surface area contributed by atoms with Crippen molar-refractivity contribution >= 4 is 5.97 Å². The van der Waals surface area contributed by atoms with E-state index in [9.17, 15) is 4.79 Å². The zero-order valence-electron chi connectivity index (χ0n) is 11.0. The SMILES string of the molecule is C=CC1(OC(C)=O)CCC(C(C)(C)C)CC1. The molecule has 1 fully saturated rings. The van der Waals surface area contributed by atoms with Gasteiger partial charge in [-0.1, -0.05) is 27.4 Å². The van der Waals surface area contributed by atoms with E-state index in [1.165, 1.54) is 6.92 Å². The van der Waals surface area contributed by atoms with E-state index < -0.39 is 5.60 Å². The van der Waals surface area contributed by atoms with Gasteiger partial charge in [-0.25, -0.2) is 0 Å². The lowest BCUT2D eigenvalue weighted by Gasteiger charge is -2.41. The Bertz CT molecular complexity index is 265. The Balaban J connectivity index is 2.64. The molecule has 2 heteroatoms. The highest BCUT2D eigenvalue weighted by Gasteiger charge is 2.38. The first-order valence-electron chi connectivity index (χ1n) is 6.12. The van der Waals surface area contributed by atoms with E-state index in [-0.39, 0.29) is 5.97 Å². The van der Waals surface area contributed by atoms with E-state index in [1.54, 1.807) is 0 Å². The van der Waals surface area contributed by atoms with Crippen LogP contribution in [-0.4, -0.2) is 11.6 Å². The average molecular weight is 224 g/mol. The minimum absolute atomic E-state index is 0.200. The first kappa shape index (κ1) is 13.3. The molecule has 1 aliphatic rings. The summed E-state index contributed by atoms with van der Waals surface area (Å²) in [5, 5.41) is 0. The molecule has 0 aromatic rings. The highest BCUT2D eigenvalue weighted by atomic mass is 16.6. The molecular formula is C14H24O2. The molecule has 0 saturated heterocycles. The lowest BCUT2D eigenvalue weighted by Crippen LogP contribution is -2.39. The van der Waals surface area contributed by atoms with Crippen molar-refractivity contribution in [3.05, 3.63) is 12.7 Å². The molecule has 1 saturated carbocycles. The fourth-order valence-corrected chi connectivity index (χ4v) is 2.61. The molecule has 2 nitrogen and oxygen atoms in total. The summed E-state index contributed by atoms with van der Waals surface area (Å²) in [5.74, 6) is 0.519. The van der Waals surface area contributed by atoms with Crippen molar-refractivity contribution in [1.82, 2.24) is 0 Å². The van der Waals surface area contributed by atoms with Gasteiger partial charge in [-0.05, 0) is 43.1 Å². The molecule has 0 spiro atoms. The van der Waals surface area contributed by atoms with Crippen LogP contribution in [0.2, 0.25) is 0 Å². The summed E-state index contributed by atoms with van der Waals surface area (Å²) in [6.45, 7) is 12.1. The largest absolute Gasteiger partial charge is 0.455 e. The Hall–Kier alpha value is -0.790. The second-order valence-corrected chi connectivity index (χ2v) is 6.00. The summed E-state index contributed by atoms with van der Waals surface area (Å²) in [6, 6.07) is 0. The summed E-state index contributed by atoms with van der Waals surface area (Å²) in [4.78, 5) is 11.1. The van der Waals surface area contributed by atoms with Gasteiger partial charge in [-0.15, -0.1) is 0 Å². The molecule has 0 heterocycles. The van der Waals surface area contributed by atoms with Gasteiger partial charge < -0.3 is 4.74 Å². The number of rotatable bonds is 2. The van der Waals surface area contributed by atoms with E-state index in [0.29, 0.717) is 5.41 Å². The number of carbonyl (C=O) groups excluding carboxylic acids is 1. The van der Waals surface area contributed by atoms with Gasteiger partial charge in [0.2, 0.25) is 0 Å². The van der Waals surface area contributed by atoms with Crippen LogP contribution in [0, 0.1) is 11.3 Å². The van der Waals surface area contributed by atoms with Crippen molar-refractivity contribution in [2.75, 3.05) is 0 Å². The lowest BCUT2D eigenvalue weighted by atomic mass is 9.68. The summed E-state index contributed by atoms with van der Waals surface area (Å²) in [7, 11) is 0. The van der Waals surface area contributed by atoms with Crippen LogP contribution in [0.1, 0.15) is 53.4 Å². The summed E-state index contributed by atoms with van der Waals surface area (Å²) < 4.78 is 5.43. The third kappa shape index (κ3) is 3.10. The average Bonchev–Trinajstić information content (AvgIpc) is 2.16. The van der Waals surface area contributed by atoms with E-state index in [4.69, 9.17) is 4.74 Å². The quantitative estimate of drug-likeness (QED) is 0.528. The number of carbonyl (C=O) groups is 1. The maximum Gasteiger partial charge on any atom is 0.303 e. The molecule has 0 aliphatic heterocycles. The van der Waals surface area contributed by atoms with Gasteiger partial charge >= 0.3 is 5.97 Å². The highest BCUT2D eigenvalue weighted by Crippen LogP contribution is 2.43. The topological polar surface area (TPSA) is 26.3 Å². The third-order valence-corrected chi connectivity index (χ3v) is 3.78. The van der Waals surface area contributed by atoms with Gasteiger partial charge in [0, 0.05) is 6.92 Å². The normalized spacial score (nSPS) is 30.9. The zero-order chi connectivity index (χ0) is 12.4. The molecule has 0 bridgehead atoms. The molecule has 0 N–H and O–H groups in total. The van der Waals surface area contributed by atoms with Crippen LogP contribution in [0.4, 0.5) is 0 Å². The molecule has 0 unspecified atom stereocenters. The van der Waals surface area contributed by atoms with E-state index in [0.717, 1.165) is 31.6 Å². The van der Waals surface area contributed by atoms with Gasteiger partial charge in [-0.2, -0.15) is 0 Å². The fourth-order valence-electron chi connectivity index (χ4n) is 2.61. The van der Waals surface area contributed by atoms with E-state index >= 15 is 0 Å².